The van der Waals surface area contributed by atoms with Gasteiger partial charge in [-0.3, -0.25) is 44.3 Å². The number of rotatable bonds is 26. The number of imide groups is 1. The van der Waals surface area contributed by atoms with Crippen molar-refractivity contribution in [2.45, 2.75) is 103 Å². The number of ether oxygens (including phenoxy) is 2. The van der Waals surface area contributed by atoms with Gasteiger partial charge in [-0.1, -0.05) is 51.0 Å². The third-order valence-electron chi connectivity index (χ3n) is 9.56. The van der Waals surface area contributed by atoms with Crippen molar-refractivity contribution in [2.75, 3.05) is 19.6 Å². The molecule has 3 atom stereocenters. The molecule has 21 heteroatoms. The molecule has 62 heavy (non-hydrogen) atoms. The summed E-state index contributed by atoms with van der Waals surface area (Å²) in [4.78, 5) is 97.3. The van der Waals surface area contributed by atoms with Crippen LogP contribution in [0.2, 0.25) is 0 Å². The van der Waals surface area contributed by atoms with Crippen LogP contribution in [0.4, 0.5) is 28.4 Å². The van der Waals surface area contributed by atoms with Gasteiger partial charge in [0.2, 0.25) is 11.8 Å². The lowest BCUT2D eigenvalue weighted by Crippen LogP contribution is -2.58. The Morgan fingerprint density at radius 2 is 1.45 bits per heavy atom. The van der Waals surface area contributed by atoms with E-state index in [-0.39, 0.29) is 94.8 Å². The number of benzene rings is 2. The van der Waals surface area contributed by atoms with Crippen molar-refractivity contribution in [1.82, 2.24) is 26.2 Å². The number of nitrogens with one attached hydrogen (secondary N) is 4. The van der Waals surface area contributed by atoms with Crippen LogP contribution < -0.4 is 31.7 Å². The topological polar surface area (TPSA) is 258 Å². The molecule has 0 radical (unpaired) electrons. The van der Waals surface area contributed by atoms with Gasteiger partial charge >= 0.3 is 18.4 Å². The molecule has 0 aliphatic carbocycles. The molecular weight excluding hydrogens is 823 g/mol. The summed E-state index contributed by atoms with van der Waals surface area (Å²) >= 11 is 0. The molecule has 6 N–H and O–H groups in total. The molecular formula is C41H52F3N7O11. The van der Waals surface area contributed by atoms with Gasteiger partial charge in [-0.15, -0.1) is 0 Å². The molecule has 0 unspecified atom stereocenters. The Bertz CT molecular complexity index is 1890. The quantitative estimate of drug-likeness (QED) is 0.0222. The second-order valence-electron chi connectivity index (χ2n) is 14.8. The zero-order valence-corrected chi connectivity index (χ0v) is 34.4. The second-order valence-corrected chi connectivity index (χ2v) is 14.8. The minimum Gasteiger partial charge on any atom is -0.429 e. The predicted octanol–water partition coefficient (Wildman–Crippen LogP) is 4.28. The highest BCUT2D eigenvalue weighted by atomic mass is 19.4. The number of Topliss-reactive ketones (excluding diaryl/α,β-unsaturated/α-hetero) is 1. The molecule has 0 aromatic heterocycles. The van der Waals surface area contributed by atoms with Gasteiger partial charge in [0, 0.05) is 56.8 Å². The highest BCUT2D eigenvalue weighted by Gasteiger charge is 2.42. The fourth-order valence-corrected chi connectivity index (χ4v) is 6.22. The van der Waals surface area contributed by atoms with E-state index in [0.29, 0.717) is 17.5 Å². The van der Waals surface area contributed by atoms with E-state index in [9.17, 15) is 56.8 Å². The molecule has 0 saturated heterocycles. The minimum atomic E-state index is -4.72. The summed E-state index contributed by atoms with van der Waals surface area (Å²) in [6.07, 6.45) is -2.59. The number of alkyl halides is 3. The molecule has 1 aliphatic heterocycles. The van der Waals surface area contributed by atoms with Gasteiger partial charge in [0.15, 0.2) is 0 Å². The summed E-state index contributed by atoms with van der Waals surface area (Å²) in [6, 6.07) is 6.13. The van der Waals surface area contributed by atoms with Crippen LogP contribution in [0.1, 0.15) is 76.3 Å². The van der Waals surface area contributed by atoms with Gasteiger partial charge in [-0.05, 0) is 61.3 Å². The van der Waals surface area contributed by atoms with Gasteiger partial charge in [0.05, 0.1) is 11.0 Å². The van der Waals surface area contributed by atoms with Crippen molar-refractivity contribution in [3.05, 3.63) is 81.9 Å². The average Bonchev–Trinajstić information content (AvgIpc) is 3.53. The van der Waals surface area contributed by atoms with E-state index in [2.05, 4.69) is 21.3 Å². The van der Waals surface area contributed by atoms with Crippen molar-refractivity contribution in [1.29, 1.82) is 0 Å². The number of urea groups is 1. The van der Waals surface area contributed by atoms with Gasteiger partial charge in [0.1, 0.15) is 30.2 Å². The van der Waals surface area contributed by atoms with E-state index in [1.165, 1.54) is 24.3 Å². The van der Waals surface area contributed by atoms with Crippen LogP contribution in [0, 0.1) is 16.0 Å². The molecule has 1 heterocycles. The Kier molecular flexibility index (Phi) is 20.0. The van der Waals surface area contributed by atoms with Gasteiger partial charge in [-0.25, -0.2) is 9.59 Å². The number of nitrogens with two attached hydrogens (primary N) is 1. The Morgan fingerprint density at radius 3 is 2.05 bits per heavy atom. The number of hydrogen-bond donors (Lipinski definition) is 5. The molecule has 6 amide bonds. The number of non-ortho nitro benzene ring substituents is 1. The number of primary amides is 1. The van der Waals surface area contributed by atoms with E-state index < -0.39 is 71.0 Å². The number of amides is 6. The van der Waals surface area contributed by atoms with Crippen LogP contribution in [0.5, 0.6) is 5.75 Å². The van der Waals surface area contributed by atoms with Gasteiger partial charge in [0.25, 0.3) is 17.5 Å². The zero-order chi connectivity index (χ0) is 45.8. The van der Waals surface area contributed by atoms with Crippen molar-refractivity contribution in [3.8, 4) is 5.75 Å². The fourth-order valence-electron chi connectivity index (χ4n) is 6.22. The van der Waals surface area contributed by atoms with Crippen LogP contribution in [0.15, 0.2) is 60.7 Å². The Hall–Kier alpha value is -6.38. The maximum atomic E-state index is 14.2. The highest BCUT2D eigenvalue weighted by molar-refractivity contribution is 6.12. The van der Waals surface area contributed by atoms with E-state index in [1.54, 1.807) is 38.1 Å². The van der Waals surface area contributed by atoms with Gasteiger partial charge < -0.3 is 31.2 Å². The first kappa shape index (κ1) is 50.0. The summed E-state index contributed by atoms with van der Waals surface area (Å²) < 4.78 is 52.6. The lowest BCUT2D eigenvalue weighted by Gasteiger charge is -2.30. The fraction of sp³-hybridized carbons (Fsp3) is 0.488. The Labute approximate surface area is 355 Å². The van der Waals surface area contributed by atoms with Crippen LogP contribution in [0.25, 0.3) is 0 Å². The minimum absolute atomic E-state index is 0.00382. The highest BCUT2D eigenvalue weighted by Crippen LogP contribution is 2.26. The zero-order valence-electron chi connectivity index (χ0n) is 34.4. The van der Waals surface area contributed by atoms with Crippen LogP contribution >= 0.6 is 0 Å². The third kappa shape index (κ3) is 17.7. The summed E-state index contributed by atoms with van der Waals surface area (Å²) in [5.74, 6) is -3.14. The van der Waals surface area contributed by atoms with Gasteiger partial charge in [-0.2, -0.15) is 13.2 Å². The first-order chi connectivity index (χ1) is 29.3. The lowest BCUT2D eigenvalue weighted by atomic mass is 9.99. The molecule has 3 rings (SSSR count). The molecule has 0 spiro atoms. The van der Waals surface area contributed by atoms with E-state index in [1.807, 2.05) is 0 Å². The number of carbonyl (C=O) groups is 7. The molecule has 338 valence electrons. The monoisotopic (exact) mass is 875 g/mol. The summed E-state index contributed by atoms with van der Waals surface area (Å²) in [5, 5.41) is 20.8. The summed E-state index contributed by atoms with van der Waals surface area (Å²) in [6.45, 7) is 3.16. The normalized spacial score (nSPS) is 13.9. The molecule has 2 aromatic carbocycles. The number of nitro groups is 1. The molecule has 1 aliphatic rings. The number of halogens is 3. The van der Waals surface area contributed by atoms with E-state index in [4.69, 9.17) is 15.2 Å². The SMILES string of the molecule is CC(C)[C@H](N[C@@H](CCCCCN1C(=O)C=CC1=O)C(F)(F)F)C(=O)N[C@@H](CCCNC(N)=O)C(=O)NCCCC(=O)Cc1ccc(COC(=O)Oc2ccc([N+](=O)[O-])cc2)cc1. The first-order valence-electron chi connectivity index (χ1n) is 20.0. The van der Waals surface area contributed by atoms with Crippen LogP contribution in [-0.2, 0) is 41.7 Å². The summed E-state index contributed by atoms with van der Waals surface area (Å²) in [5.41, 5.74) is 6.23. The predicted molar refractivity (Wildman–Crippen MR) is 216 cm³/mol. The maximum absolute atomic E-state index is 14.2. The van der Waals surface area contributed by atoms with Crippen molar-refractivity contribution >= 4 is 47.3 Å². The first-order valence-corrected chi connectivity index (χ1v) is 20.0. The molecule has 2 aromatic rings. The number of unbranched alkanes of at least 4 members (excludes halogenated alkanes) is 2. The Morgan fingerprint density at radius 1 is 0.823 bits per heavy atom. The summed E-state index contributed by atoms with van der Waals surface area (Å²) in [7, 11) is 0. The molecule has 0 fully saturated rings. The van der Waals surface area contributed by atoms with E-state index >= 15 is 0 Å². The number of ketones is 1. The standard InChI is InChI=1S/C41H52F3N7O11/c1-26(2)36(49-33(41(42,43)44)10-4-3-5-23-50-34(53)19-20-35(50)54)38(56)48-32(9-7-22-47-39(45)57)37(55)46-21-6-8-30(52)24-27-11-13-28(14-12-27)25-61-40(58)62-31-17-15-29(16-18-31)51(59)60/h11-20,26,32-33,36,49H,3-10,21-25H2,1-2H3,(H,46,55)(H,48,56)(H3,45,47,57)/t32-,33-,36-/m0/s1. The second kappa shape index (κ2) is 24.8. The van der Waals surface area contributed by atoms with Crippen molar-refractivity contribution in [2.24, 2.45) is 11.7 Å². The van der Waals surface area contributed by atoms with Crippen LogP contribution in [-0.4, -0.2) is 95.4 Å². The number of hydrogen-bond acceptors (Lipinski definition) is 12. The third-order valence-corrected chi connectivity index (χ3v) is 9.56. The Balaban J connectivity index is 1.47. The van der Waals surface area contributed by atoms with Crippen LogP contribution in [0.3, 0.4) is 0 Å². The number of carbonyl (C=O) groups excluding carboxylic acids is 7. The number of nitro benzene ring substituents is 1. The smallest absolute Gasteiger partial charge is 0.429 e. The maximum Gasteiger partial charge on any atom is 0.514 e. The van der Waals surface area contributed by atoms with Crippen molar-refractivity contribution < 1.29 is 61.1 Å². The largest absolute Gasteiger partial charge is 0.514 e. The van der Waals surface area contributed by atoms with E-state index in [0.717, 1.165) is 17.1 Å². The number of nitrogens with zero attached hydrogens (tertiary/aromatic N) is 2. The molecule has 0 bridgehead atoms. The van der Waals surface area contributed by atoms with Crippen molar-refractivity contribution in [3.63, 3.8) is 0 Å². The lowest BCUT2D eigenvalue weighted by molar-refractivity contribution is -0.384. The molecule has 18 nitrogen and oxygen atoms in total. The molecule has 0 saturated carbocycles. The average molecular weight is 876 g/mol.